The maximum Gasteiger partial charge on any atom is 0.0991 e. The molecule has 1 N–H and O–H groups in total. The molecule has 0 aliphatic carbocycles. The Balaban J connectivity index is 1.90. The zero-order chi connectivity index (χ0) is 21.5. The number of thiophene rings is 1. The highest BCUT2D eigenvalue weighted by molar-refractivity contribution is 7.10. The van der Waals surface area contributed by atoms with Crippen molar-refractivity contribution in [3.8, 4) is 12.1 Å². The molecule has 0 fully saturated rings. The van der Waals surface area contributed by atoms with E-state index in [1.54, 1.807) is 11.3 Å². The summed E-state index contributed by atoms with van der Waals surface area (Å²) < 4.78 is 0. The Kier molecular flexibility index (Phi) is 7.66. The molecule has 0 aliphatic rings. The molecule has 152 valence electrons. The van der Waals surface area contributed by atoms with Gasteiger partial charge in [0.15, 0.2) is 0 Å². The van der Waals surface area contributed by atoms with Crippen molar-refractivity contribution in [2.45, 2.75) is 44.7 Å². The number of nitriles is 2. The van der Waals surface area contributed by atoms with E-state index in [0.717, 1.165) is 17.0 Å². The van der Waals surface area contributed by atoms with Gasteiger partial charge >= 0.3 is 0 Å². The first kappa shape index (κ1) is 22.1. The molecule has 1 heterocycles. The highest BCUT2D eigenvalue weighted by Gasteiger charge is 2.24. The van der Waals surface area contributed by atoms with E-state index in [2.05, 4.69) is 48.8 Å². The third-order valence-electron chi connectivity index (χ3n) is 5.27. The molecule has 0 radical (unpaired) electrons. The van der Waals surface area contributed by atoms with Gasteiger partial charge in [0.2, 0.25) is 0 Å². The fourth-order valence-corrected chi connectivity index (χ4v) is 4.78. The highest BCUT2D eigenvalue weighted by Crippen LogP contribution is 2.30. The first-order chi connectivity index (χ1) is 14.5. The van der Waals surface area contributed by atoms with Crippen LogP contribution in [0.25, 0.3) is 0 Å². The number of nitrogens with one attached hydrogen (secondary N) is 1. The average molecular weight is 434 g/mol. The van der Waals surface area contributed by atoms with E-state index in [9.17, 15) is 10.5 Å². The smallest absolute Gasteiger partial charge is 0.0991 e. The van der Waals surface area contributed by atoms with Crippen LogP contribution in [0.15, 0.2) is 60.0 Å². The fourth-order valence-electron chi connectivity index (χ4n) is 3.70. The van der Waals surface area contributed by atoms with E-state index in [0.29, 0.717) is 12.0 Å². The maximum absolute atomic E-state index is 9.37. The van der Waals surface area contributed by atoms with Crippen LogP contribution in [0.1, 0.15) is 52.4 Å². The second kappa shape index (κ2) is 10.4. The summed E-state index contributed by atoms with van der Waals surface area (Å²) in [4.78, 5) is 1.18. The Morgan fingerprint density at radius 1 is 1.10 bits per heavy atom. The molecular weight excluding hydrogens is 410 g/mol. The number of halogens is 1. The third kappa shape index (κ3) is 5.71. The molecule has 1 unspecified atom stereocenters. The molecule has 0 amide bonds. The topological polar surface area (TPSA) is 59.6 Å². The van der Waals surface area contributed by atoms with Gasteiger partial charge in [0.25, 0.3) is 0 Å². The predicted octanol–water partition coefficient (Wildman–Crippen LogP) is 6.54. The molecule has 3 nitrogen and oxygen atoms in total. The number of aryl methyl sites for hydroxylation is 1. The molecule has 3 rings (SSSR count). The van der Waals surface area contributed by atoms with Crippen molar-refractivity contribution in [2.24, 2.45) is 0 Å². The molecule has 0 spiro atoms. The second-order valence-electron chi connectivity index (χ2n) is 7.57. The van der Waals surface area contributed by atoms with E-state index in [4.69, 9.17) is 11.6 Å². The minimum atomic E-state index is -0.0180. The summed E-state index contributed by atoms with van der Waals surface area (Å²) in [6.45, 7) is 4.23. The lowest BCUT2D eigenvalue weighted by atomic mass is 9.85. The molecule has 3 aromatic rings. The molecule has 30 heavy (non-hydrogen) atoms. The van der Waals surface area contributed by atoms with Gasteiger partial charge in [-0.1, -0.05) is 35.9 Å². The fraction of sp³-hybridized carbons (Fsp3) is 0.280. The molecule has 0 aliphatic heterocycles. The molecule has 5 heteroatoms. The highest BCUT2D eigenvalue weighted by atomic mass is 35.5. The molecule has 0 saturated heterocycles. The molecule has 0 saturated carbocycles. The van der Waals surface area contributed by atoms with E-state index in [1.807, 2.05) is 42.5 Å². The van der Waals surface area contributed by atoms with E-state index in [1.165, 1.54) is 16.0 Å². The lowest BCUT2D eigenvalue weighted by Gasteiger charge is -2.29. The van der Waals surface area contributed by atoms with Crippen molar-refractivity contribution in [3.63, 3.8) is 0 Å². The standard InChI is InChI=1S/C25H24ClN3S/c1-17-12-25(30-16-17)24(10-11-27)29-18(2)23(14-19-6-8-22(26)9-7-19)21-5-3-4-20(13-21)15-28/h3-9,12-13,16,18,23-24,29H,10,14H2,1-2H3/t18-,23+,24?/m0/s1. The number of hydrogen-bond acceptors (Lipinski definition) is 4. The number of benzene rings is 2. The first-order valence-electron chi connectivity index (χ1n) is 9.92. The van der Waals surface area contributed by atoms with Crippen LogP contribution in [0.2, 0.25) is 5.02 Å². The van der Waals surface area contributed by atoms with Gasteiger partial charge in [-0.05, 0) is 72.7 Å². The van der Waals surface area contributed by atoms with Crippen molar-refractivity contribution in [1.82, 2.24) is 5.32 Å². The molecule has 1 aromatic heterocycles. The van der Waals surface area contributed by atoms with Gasteiger partial charge in [0, 0.05) is 21.9 Å². The second-order valence-corrected chi connectivity index (χ2v) is 8.95. The van der Waals surface area contributed by atoms with Crippen LogP contribution in [-0.4, -0.2) is 6.04 Å². The monoisotopic (exact) mass is 433 g/mol. The summed E-state index contributed by atoms with van der Waals surface area (Å²) in [5.41, 5.74) is 4.17. The first-order valence-corrected chi connectivity index (χ1v) is 11.2. The van der Waals surface area contributed by atoms with Crippen molar-refractivity contribution >= 4 is 22.9 Å². The average Bonchev–Trinajstić information content (AvgIpc) is 3.19. The molecular formula is C25H24ClN3S. The zero-order valence-electron chi connectivity index (χ0n) is 17.1. The Morgan fingerprint density at radius 2 is 1.87 bits per heavy atom. The Labute approximate surface area is 187 Å². The van der Waals surface area contributed by atoms with E-state index < -0.39 is 0 Å². The maximum atomic E-state index is 9.37. The minimum Gasteiger partial charge on any atom is -0.305 e. The molecule has 3 atom stereocenters. The van der Waals surface area contributed by atoms with Gasteiger partial charge in [-0.3, -0.25) is 0 Å². The third-order valence-corrected chi connectivity index (χ3v) is 6.69. The van der Waals surface area contributed by atoms with Crippen LogP contribution < -0.4 is 5.32 Å². The van der Waals surface area contributed by atoms with Crippen molar-refractivity contribution in [3.05, 3.63) is 92.1 Å². The summed E-state index contributed by atoms with van der Waals surface area (Å²) in [5, 5.41) is 25.3. The summed E-state index contributed by atoms with van der Waals surface area (Å²) in [6.07, 6.45) is 1.22. The van der Waals surface area contributed by atoms with Crippen LogP contribution in [0.4, 0.5) is 0 Å². The Morgan fingerprint density at radius 3 is 2.50 bits per heavy atom. The summed E-state index contributed by atoms with van der Waals surface area (Å²) in [7, 11) is 0. The van der Waals surface area contributed by atoms with Crippen LogP contribution in [0, 0.1) is 29.6 Å². The Bertz CT molecular complexity index is 1060. The summed E-state index contributed by atoms with van der Waals surface area (Å²) in [5.74, 6) is 0.140. The summed E-state index contributed by atoms with van der Waals surface area (Å²) >= 11 is 7.75. The minimum absolute atomic E-state index is 0.0180. The van der Waals surface area contributed by atoms with Gasteiger partial charge in [-0.25, -0.2) is 0 Å². The number of nitrogens with zero attached hydrogens (tertiary/aromatic N) is 2. The van der Waals surface area contributed by atoms with E-state index in [-0.39, 0.29) is 18.0 Å². The predicted molar refractivity (Wildman–Crippen MR) is 124 cm³/mol. The molecule has 2 aromatic carbocycles. The lowest BCUT2D eigenvalue weighted by molar-refractivity contribution is 0.404. The van der Waals surface area contributed by atoms with Crippen LogP contribution in [0.3, 0.4) is 0 Å². The zero-order valence-corrected chi connectivity index (χ0v) is 18.7. The summed E-state index contributed by atoms with van der Waals surface area (Å²) in [6, 6.07) is 22.5. The van der Waals surface area contributed by atoms with Gasteiger partial charge in [0.1, 0.15) is 0 Å². The van der Waals surface area contributed by atoms with Gasteiger partial charge in [-0.2, -0.15) is 10.5 Å². The van der Waals surface area contributed by atoms with Gasteiger partial charge < -0.3 is 5.32 Å². The van der Waals surface area contributed by atoms with Gasteiger partial charge in [0.05, 0.1) is 30.2 Å². The van der Waals surface area contributed by atoms with Crippen LogP contribution >= 0.6 is 22.9 Å². The number of rotatable bonds is 8. The Hall–Kier alpha value is -2.63. The molecule has 0 bridgehead atoms. The van der Waals surface area contributed by atoms with Crippen molar-refractivity contribution < 1.29 is 0 Å². The SMILES string of the molecule is Cc1csc(C(CC#N)N[C@@H](C)[C@@H](Cc2ccc(Cl)cc2)c2cccc(C#N)c2)c1. The normalized spacial score (nSPS) is 13.8. The quantitative estimate of drug-likeness (QED) is 0.438. The van der Waals surface area contributed by atoms with Crippen molar-refractivity contribution in [2.75, 3.05) is 0 Å². The van der Waals surface area contributed by atoms with Crippen LogP contribution in [-0.2, 0) is 6.42 Å². The largest absolute Gasteiger partial charge is 0.305 e. The number of hydrogen-bond donors (Lipinski definition) is 1. The van der Waals surface area contributed by atoms with Gasteiger partial charge in [-0.15, -0.1) is 11.3 Å². The van der Waals surface area contributed by atoms with Crippen molar-refractivity contribution in [1.29, 1.82) is 10.5 Å². The van der Waals surface area contributed by atoms with Crippen LogP contribution in [0.5, 0.6) is 0 Å². The van der Waals surface area contributed by atoms with E-state index >= 15 is 0 Å². The lowest BCUT2D eigenvalue weighted by Crippen LogP contribution is -2.36.